The number of carboxylic acids is 2. The molecule has 1 saturated heterocycles. The number of nitrogens with one attached hydrogen (secondary N) is 6. The number of hydrogen-bond acceptors (Lipinski definition) is 12. The van der Waals surface area contributed by atoms with Crippen molar-refractivity contribution in [2.24, 2.45) is 17.6 Å². The Morgan fingerprint density at radius 3 is 2.03 bits per heavy atom. The van der Waals surface area contributed by atoms with Crippen molar-refractivity contribution in [3.8, 4) is 5.75 Å². The number of H-pyrrole nitrogens is 1. The van der Waals surface area contributed by atoms with Gasteiger partial charge < -0.3 is 57.5 Å². The molecule has 0 spiro atoms. The minimum Gasteiger partial charge on any atom is -0.508 e. The summed E-state index contributed by atoms with van der Waals surface area (Å²) in [5.74, 6) is -7.41. The molecular weight excluding hydrogens is 827 g/mol. The van der Waals surface area contributed by atoms with Crippen molar-refractivity contribution in [2.75, 3.05) is 18.6 Å². The topological polar surface area (TPSA) is 315 Å². The molecule has 1 aliphatic heterocycles. The first-order chi connectivity index (χ1) is 29.4. The molecule has 3 rings (SSSR count). The van der Waals surface area contributed by atoms with Gasteiger partial charge in [0.15, 0.2) is 0 Å². The van der Waals surface area contributed by atoms with E-state index in [9.17, 15) is 48.6 Å². The fraction of sp³-hybridized carbons (Fsp3) is 0.585. The van der Waals surface area contributed by atoms with E-state index in [4.69, 9.17) is 10.8 Å². The maximum Gasteiger partial charge on any atom is 0.326 e. The van der Waals surface area contributed by atoms with Crippen LogP contribution in [0.4, 0.5) is 0 Å². The maximum atomic E-state index is 14.4. The molecular formula is C41H61N9O11S. The second kappa shape index (κ2) is 24.7. The molecule has 1 aromatic carbocycles. The molecule has 0 radical (unpaired) electrons. The van der Waals surface area contributed by atoms with Gasteiger partial charge in [-0.05, 0) is 67.2 Å². The highest BCUT2D eigenvalue weighted by Gasteiger charge is 2.42. The quantitative estimate of drug-likeness (QED) is 0.0630. The molecule has 1 fully saturated rings. The third-order valence-electron chi connectivity index (χ3n) is 11.0. The van der Waals surface area contributed by atoms with Crippen LogP contribution in [0, 0.1) is 11.8 Å². The standard InChI is InChI=1S/C41H61N9O11S/c1-6-22(3)33(48-35(54)27(42)17-24-10-12-26(51)13-11-24)39(58)49-34(23(4)7-2)40(59)50-15-8-9-31(50)38(57)45-28(14-16-62-5)36(55)46-29(18-25-20-43-21-44-25)37(56)47-30(41(60)61)19-32(52)53/h10-13,20-23,27-31,33-34,51H,6-9,14-19,42H2,1-5H3,(H,43,44)(H,45,57)(H,46,55)(H,47,56)(H,48,54)(H,49,58)(H,52,53)(H,60,61)/t22-,23-,27-,28-,29-,30-,31-,33-,34-/m0/s1. The minimum absolute atomic E-state index is 0.0660. The van der Waals surface area contributed by atoms with Gasteiger partial charge in [0.05, 0.1) is 18.8 Å². The van der Waals surface area contributed by atoms with Crippen LogP contribution in [0.2, 0.25) is 0 Å². The number of imidazole rings is 1. The minimum atomic E-state index is -1.79. The molecule has 20 nitrogen and oxygen atoms in total. The lowest BCUT2D eigenvalue weighted by atomic mass is 9.94. The van der Waals surface area contributed by atoms with Gasteiger partial charge >= 0.3 is 11.9 Å². The molecule has 2 heterocycles. The average Bonchev–Trinajstić information content (AvgIpc) is 3.95. The number of carbonyl (C=O) groups is 8. The van der Waals surface area contributed by atoms with Gasteiger partial charge in [-0.25, -0.2) is 9.78 Å². The number of nitrogens with zero attached hydrogens (tertiary/aromatic N) is 2. The third kappa shape index (κ3) is 15.0. The lowest BCUT2D eigenvalue weighted by Crippen LogP contribution is -2.61. The number of rotatable bonds is 25. The lowest BCUT2D eigenvalue weighted by Gasteiger charge is -2.33. The summed E-state index contributed by atoms with van der Waals surface area (Å²) in [6.45, 7) is 7.48. The number of likely N-dealkylation sites (tertiary alicyclic amines) is 1. The first-order valence-electron chi connectivity index (χ1n) is 20.7. The number of benzene rings is 1. The second-order valence-corrected chi connectivity index (χ2v) is 16.6. The number of phenolic OH excluding ortho intramolecular Hbond substituents is 1. The fourth-order valence-electron chi connectivity index (χ4n) is 6.87. The van der Waals surface area contributed by atoms with Crippen LogP contribution < -0.4 is 32.3 Å². The normalized spacial score (nSPS) is 17.5. The molecule has 62 heavy (non-hydrogen) atoms. The summed E-state index contributed by atoms with van der Waals surface area (Å²) in [7, 11) is 0. The first-order valence-corrected chi connectivity index (χ1v) is 22.1. The predicted octanol–water partition coefficient (Wildman–Crippen LogP) is 0.0474. The van der Waals surface area contributed by atoms with Gasteiger partial charge in [0, 0.05) is 24.9 Å². The van der Waals surface area contributed by atoms with Gasteiger partial charge in [-0.15, -0.1) is 0 Å². The molecule has 11 N–H and O–H groups in total. The van der Waals surface area contributed by atoms with Crippen molar-refractivity contribution in [1.82, 2.24) is 41.5 Å². The SMILES string of the molecule is CC[C@H](C)[C@H](NC(=O)[C@@H](N)Cc1ccc(O)cc1)C(=O)N[C@H](C(=O)N1CCC[C@H]1C(=O)N[C@@H](CCSC)C(=O)N[C@@H](Cc1cnc[nH]1)C(=O)N[C@@H](CC(=O)O)C(=O)O)[C@@H](C)CC. The Morgan fingerprint density at radius 2 is 1.45 bits per heavy atom. The molecule has 342 valence electrons. The van der Waals surface area contributed by atoms with E-state index in [0.717, 1.165) is 0 Å². The van der Waals surface area contributed by atoms with Crippen molar-refractivity contribution in [2.45, 2.75) is 121 Å². The highest BCUT2D eigenvalue weighted by molar-refractivity contribution is 7.98. The number of amides is 6. The lowest BCUT2D eigenvalue weighted by molar-refractivity contribution is -0.147. The molecule has 6 amide bonds. The van der Waals surface area contributed by atoms with Crippen molar-refractivity contribution < 1.29 is 53.7 Å². The maximum absolute atomic E-state index is 14.4. The molecule has 0 unspecified atom stereocenters. The van der Waals surface area contributed by atoms with E-state index in [1.165, 1.54) is 41.3 Å². The highest BCUT2D eigenvalue weighted by atomic mass is 32.2. The largest absolute Gasteiger partial charge is 0.508 e. The molecule has 1 aliphatic rings. The summed E-state index contributed by atoms with van der Waals surface area (Å²) in [6, 6.07) is -2.31. The van der Waals surface area contributed by atoms with E-state index in [1.54, 1.807) is 32.2 Å². The van der Waals surface area contributed by atoms with E-state index in [-0.39, 0.29) is 43.9 Å². The number of phenols is 1. The molecule has 1 aromatic heterocycles. The summed E-state index contributed by atoms with van der Waals surface area (Å²) < 4.78 is 0. The van der Waals surface area contributed by atoms with E-state index < -0.39 is 102 Å². The Kier molecular flexibility index (Phi) is 20.2. The number of carboxylic acid groups (broad SMARTS) is 2. The van der Waals surface area contributed by atoms with Gasteiger partial charge in [0.1, 0.15) is 42.0 Å². The van der Waals surface area contributed by atoms with Crippen LogP contribution in [0.3, 0.4) is 0 Å². The predicted molar refractivity (Wildman–Crippen MR) is 228 cm³/mol. The Morgan fingerprint density at radius 1 is 0.839 bits per heavy atom. The summed E-state index contributed by atoms with van der Waals surface area (Å²) in [4.78, 5) is 114. The Labute approximate surface area is 364 Å². The van der Waals surface area contributed by atoms with Crippen LogP contribution in [-0.2, 0) is 51.2 Å². The van der Waals surface area contributed by atoms with Gasteiger partial charge in [-0.2, -0.15) is 11.8 Å². The zero-order valence-corrected chi connectivity index (χ0v) is 36.5. The number of aromatic hydroxyl groups is 1. The van der Waals surface area contributed by atoms with Crippen LogP contribution in [0.1, 0.15) is 77.5 Å². The van der Waals surface area contributed by atoms with Crippen LogP contribution in [0.5, 0.6) is 5.75 Å². The zero-order valence-electron chi connectivity index (χ0n) is 35.7. The fourth-order valence-corrected chi connectivity index (χ4v) is 7.34. The summed E-state index contributed by atoms with van der Waals surface area (Å²) in [6.07, 6.45) is 5.39. The number of carbonyl (C=O) groups excluding carboxylic acids is 6. The molecule has 0 aliphatic carbocycles. The summed E-state index contributed by atoms with van der Waals surface area (Å²) in [5, 5.41) is 41.4. The van der Waals surface area contributed by atoms with Crippen LogP contribution in [-0.4, -0.2) is 138 Å². The summed E-state index contributed by atoms with van der Waals surface area (Å²) >= 11 is 1.39. The van der Waals surface area contributed by atoms with Crippen molar-refractivity contribution in [1.29, 1.82) is 0 Å². The van der Waals surface area contributed by atoms with Crippen molar-refractivity contribution in [3.63, 3.8) is 0 Å². The van der Waals surface area contributed by atoms with Gasteiger partial charge in [-0.1, -0.05) is 52.7 Å². The summed E-state index contributed by atoms with van der Waals surface area (Å²) in [5.41, 5.74) is 7.33. The average molecular weight is 888 g/mol. The van der Waals surface area contributed by atoms with Crippen molar-refractivity contribution in [3.05, 3.63) is 48.0 Å². The Hall–Kier alpha value is -5.70. The second-order valence-electron chi connectivity index (χ2n) is 15.6. The van der Waals surface area contributed by atoms with E-state index in [0.29, 0.717) is 36.3 Å². The number of aliphatic carboxylic acids is 2. The van der Waals surface area contributed by atoms with Gasteiger partial charge in [0.25, 0.3) is 0 Å². The Bertz CT molecular complexity index is 1850. The molecule has 21 heteroatoms. The van der Waals surface area contributed by atoms with E-state index in [2.05, 4.69) is 36.6 Å². The number of thioether (sulfide) groups is 1. The van der Waals surface area contributed by atoms with Crippen molar-refractivity contribution >= 4 is 59.1 Å². The van der Waals surface area contributed by atoms with Gasteiger partial charge in [-0.3, -0.25) is 33.6 Å². The van der Waals surface area contributed by atoms with Crippen LogP contribution in [0.15, 0.2) is 36.8 Å². The zero-order chi connectivity index (χ0) is 46.1. The van der Waals surface area contributed by atoms with E-state index >= 15 is 0 Å². The molecule has 2 aromatic rings. The number of aromatic amines is 1. The third-order valence-corrected chi connectivity index (χ3v) is 11.6. The monoisotopic (exact) mass is 887 g/mol. The molecule has 0 bridgehead atoms. The molecule has 9 atom stereocenters. The smallest absolute Gasteiger partial charge is 0.326 e. The number of aromatic nitrogens is 2. The van der Waals surface area contributed by atoms with Crippen LogP contribution >= 0.6 is 11.8 Å². The first kappa shape index (κ1) is 50.7. The molecule has 0 saturated carbocycles. The Balaban J connectivity index is 1.79. The number of hydrogen-bond donors (Lipinski definition) is 10. The van der Waals surface area contributed by atoms with Gasteiger partial charge in [0.2, 0.25) is 35.4 Å². The van der Waals surface area contributed by atoms with Crippen LogP contribution in [0.25, 0.3) is 0 Å². The number of nitrogens with two attached hydrogens (primary N) is 1. The highest BCUT2D eigenvalue weighted by Crippen LogP contribution is 2.23. The van der Waals surface area contributed by atoms with E-state index in [1.807, 2.05) is 13.8 Å².